The Kier molecular flexibility index (Phi) is 2.45. The third-order valence-electron chi connectivity index (χ3n) is 3.56. The van der Waals surface area contributed by atoms with Crippen LogP contribution in [0.1, 0.15) is 18.9 Å². The van der Waals surface area contributed by atoms with Crippen molar-refractivity contribution in [3.05, 3.63) is 17.7 Å². The maximum Gasteiger partial charge on any atom is 0.228 e. The summed E-state index contributed by atoms with van der Waals surface area (Å²) in [5.74, 6) is 0.0250. The number of hydrogen-bond acceptors (Lipinski definition) is 4. The largest absolute Gasteiger partial charge is 0.397 e. The molecule has 4 N–H and O–H groups in total. The Bertz CT molecular complexity index is 507. The minimum atomic E-state index is -0.0784. The fourth-order valence-electron chi connectivity index (χ4n) is 2.49. The lowest BCUT2D eigenvalue weighted by atomic mass is 10.0. The van der Waals surface area contributed by atoms with E-state index in [4.69, 9.17) is 10.5 Å². The van der Waals surface area contributed by atoms with Crippen molar-refractivity contribution in [1.82, 2.24) is 0 Å². The molecule has 1 unspecified atom stereocenters. The number of nitrogens with two attached hydrogens (primary N) is 1. The van der Waals surface area contributed by atoms with E-state index in [2.05, 4.69) is 17.6 Å². The number of rotatable bonds is 2. The Morgan fingerprint density at radius 1 is 1.50 bits per heavy atom. The zero-order chi connectivity index (χ0) is 12.8. The fraction of sp³-hybridized carbons (Fsp3) is 0.462. The second-order valence-electron chi connectivity index (χ2n) is 5.31. The molecule has 1 atom stereocenters. The van der Waals surface area contributed by atoms with Crippen molar-refractivity contribution < 1.29 is 9.53 Å². The lowest BCUT2D eigenvalue weighted by Gasteiger charge is -2.26. The van der Waals surface area contributed by atoms with Crippen LogP contribution < -0.4 is 16.4 Å². The number of nitrogens with one attached hydrogen (secondary N) is 2. The highest BCUT2D eigenvalue weighted by molar-refractivity contribution is 6.00. The summed E-state index contributed by atoms with van der Waals surface area (Å²) in [6, 6.07) is 3.79. The highest BCUT2D eigenvalue weighted by Gasteiger charge is 2.30. The number of carbonyl (C=O) groups is 1. The number of fused-ring (bicyclic) bond motifs is 1. The van der Waals surface area contributed by atoms with Gasteiger partial charge >= 0.3 is 0 Å². The van der Waals surface area contributed by atoms with Gasteiger partial charge in [-0.25, -0.2) is 0 Å². The summed E-state index contributed by atoms with van der Waals surface area (Å²) < 4.78 is 5.41. The van der Waals surface area contributed by atoms with Crippen molar-refractivity contribution in [2.75, 3.05) is 29.6 Å². The van der Waals surface area contributed by atoms with Crippen LogP contribution in [0.5, 0.6) is 0 Å². The average molecular weight is 247 g/mol. The van der Waals surface area contributed by atoms with Crippen LogP contribution in [0, 0.1) is 0 Å². The standard InChI is InChI=1S/C13H17N3O2/c1-13(2-3-18-7-13)16-11-6-10-8(4-9(11)14)5-12(17)15-10/h4,6,16H,2-3,5,7,14H2,1H3,(H,15,17). The molecule has 1 saturated heterocycles. The van der Waals surface area contributed by atoms with E-state index >= 15 is 0 Å². The molecule has 0 spiro atoms. The van der Waals surface area contributed by atoms with E-state index in [9.17, 15) is 4.79 Å². The molecule has 0 bridgehead atoms. The molecule has 0 aromatic heterocycles. The summed E-state index contributed by atoms with van der Waals surface area (Å²) in [6.45, 7) is 3.56. The van der Waals surface area contributed by atoms with Crippen LogP contribution in [-0.4, -0.2) is 24.7 Å². The van der Waals surface area contributed by atoms with Crippen LogP contribution in [0.4, 0.5) is 17.1 Å². The minimum absolute atomic E-state index is 0.0250. The Labute approximate surface area is 106 Å². The second kappa shape index (κ2) is 3.88. The molecule has 2 aliphatic heterocycles. The first kappa shape index (κ1) is 11.3. The summed E-state index contributed by atoms with van der Waals surface area (Å²) >= 11 is 0. The molecule has 1 fully saturated rings. The smallest absolute Gasteiger partial charge is 0.228 e. The van der Waals surface area contributed by atoms with E-state index in [0.717, 1.165) is 30.0 Å². The van der Waals surface area contributed by atoms with Gasteiger partial charge in [-0.3, -0.25) is 4.79 Å². The van der Waals surface area contributed by atoms with E-state index in [1.807, 2.05) is 12.1 Å². The third kappa shape index (κ3) is 1.90. The van der Waals surface area contributed by atoms with Gasteiger partial charge in [-0.2, -0.15) is 0 Å². The van der Waals surface area contributed by atoms with Crippen molar-refractivity contribution >= 4 is 23.0 Å². The Morgan fingerprint density at radius 3 is 3.06 bits per heavy atom. The van der Waals surface area contributed by atoms with Gasteiger partial charge in [0.25, 0.3) is 0 Å². The lowest BCUT2D eigenvalue weighted by molar-refractivity contribution is -0.115. The molecular formula is C13H17N3O2. The predicted molar refractivity (Wildman–Crippen MR) is 70.7 cm³/mol. The van der Waals surface area contributed by atoms with Crippen molar-refractivity contribution in [3.8, 4) is 0 Å². The number of nitrogen functional groups attached to an aromatic ring is 1. The van der Waals surface area contributed by atoms with E-state index in [1.165, 1.54) is 0 Å². The first-order valence-electron chi connectivity index (χ1n) is 6.14. The molecule has 5 nitrogen and oxygen atoms in total. The van der Waals surface area contributed by atoms with E-state index in [-0.39, 0.29) is 11.4 Å². The molecule has 18 heavy (non-hydrogen) atoms. The quantitative estimate of drug-likeness (QED) is 0.690. The van der Waals surface area contributed by atoms with Crippen LogP contribution in [-0.2, 0) is 16.0 Å². The molecule has 0 aliphatic carbocycles. The number of carbonyl (C=O) groups excluding carboxylic acids is 1. The molecular weight excluding hydrogens is 230 g/mol. The molecule has 2 heterocycles. The summed E-state index contributed by atoms with van der Waals surface area (Å²) in [4.78, 5) is 11.3. The van der Waals surface area contributed by atoms with Crippen molar-refractivity contribution in [3.63, 3.8) is 0 Å². The van der Waals surface area contributed by atoms with Gasteiger partial charge in [-0.15, -0.1) is 0 Å². The van der Waals surface area contributed by atoms with E-state index in [1.54, 1.807) is 0 Å². The average Bonchev–Trinajstić information content (AvgIpc) is 2.85. The zero-order valence-corrected chi connectivity index (χ0v) is 10.4. The number of amides is 1. The lowest BCUT2D eigenvalue weighted by Crippen LogP contribution is -2.35. The van der Waals surface area contributed by atoms with Gasteiger partial charge in [0.15, 0.2) is 0 Å². The molecule has 0 radical (unpaired) electrons. The van der Waals surface area contributed by atoms with E-state index < -0.39 is 0 Å². The van der Waals surface area contributed by atoms with Gasteiger partial charge in [0.05, 0.1) is 29.9 Å². The first-order valence-corrected chi connectivity index (χ1v) is 6.14. The van der Waals surface area contributed by atoms with Gasteiger partial charge in [-0.05, 0) is 31.0 Å². The van der Waals surface area contributed by atoms with E-state index in [0.29, 0.717) is 18.7 Å². The molecule has 1 amide bonds. The maximum absolute atomic E-state index is 11.3. The Hall–Kier alpha value is -1.75. The molecule has 1 aromatic carbocycles. The summed E-state index contributed by atoms with van der Waals surface area (Å²) in [5.41, 5.74) is 9.33. The fourth-order valence-corrected chi connectivity index (χ4v) is 2.49. The Morgan fingerprint density at radius 2 is 2.33 bits per heavy atom. The van der Waals surface area contributed by atoms with Gasteiger partial charge in [0, 0.05) is 12.3 Å². The molecule has 5 heteroatoms. The number of anilines is 3. The minimum Gasteiger partial charge on any atom is -0.397 e. The highest BCUT2D eigenvalue weighted by atomic mass is 16.5. The highest BCUT2D eigenvalue weighted by Crippen LogP contribution is 2.34. The van der Waals surface area contributed by atoms with Crippen LogP contribution in [0.15, 0.2) is 12.1 Å². The summed E-state index contributed by atoms with van der Waals surface area (Å²) in [5, 5.41) is 6.27. The van der Waals surface area contributed by atoms with Gasteiger partial charge in [0.1, 0.15) is 0 Å². The van der Waals surface area contributed by atoms with Gasteiger partial charge < -0.3 is 21.1 Å². The van der Waals surface area contributed by atoms with Crippen LogP contribution >= 0.6 is 0 Å². The van der Waals surface area contributed by atoms with Crippen LogP contribution in [0.3, 0.4) is 0 Å². The van der Waals surface area contributed by atoms with Crippen LogP contribution in [0.2, 0.25) is 0 Å². The summed E-state index contributed by atoms with van der Waals surface area (Å²) in [7, 11) is 0. The van der Waals surface area contributed by atoms with Crippen molar-refractivity contribution in [2.24, 2.45) is 0 Å². The van der Waals surface area contributed by atoms with Crippen molar-refractivity contribution in [1.29, 1.82) is 0 Å². The monoisotopic (exact) mass is 247 g/mol. The third-order valence-corrected chi connectivity index (χ3v) is 3.56. The summed E-state index contributed by atoms with van der Waals surface area (Å²) in [6.07, 6.45) is 1.37. The van der Waals surface area contributed by atoms with Gasteiger partial charge in [-0.1, -0.05) is 0 Å². The molecule has 3 rings (SSSR count). The molecule has 1 aromatic rings. The number of ether oxygens (including phenoxy) is 1. The normalized spacial score (nSPS) is 25.9. The van der Waals surface area contributed by atoms with Crippen LogP contribution in [0.25, 0.3) is 0 Å². The first-order chi connectivity index (χ1) is 8.56. The number of hydrogen-bond donors (Lipinski definition) is 3. The topological polar surface area (TPSA) is 76.4 Å². The Balaban J connectivity index is 1.89. The molecule has 2 aliphatic rings. The maximum atomic E-state index is 11.3. The predicted octanol–water partition coefficient (Wildman–Crippen LogP) is 1.35. The SMILES string of the molecule is CC1(Nc2cc3c(cc2N)CC(=O)N3)CCOC1. The molecule has 96 valence electrons. The van der Waals surface area contributed by atoms with Gasteiger partial charge in [0.2, 0.25) is 5.91 Å². The van der Waals surface area contributed by atoms with Crippen molar-refractivity contribution in [2.45, 2.75) is 25.3 Å². The molecule has 0 saturated carbocycles. The second-order valence-corrected chi connectivity index (χ2v) is 5.31. The number of benzene rings is 1. The zero-order valence-electron chi connectivity index (χ0n) is 10.4.